The Kier molecular flexibility index (Phi) is 5.48. The number of aryl methyl sites for hydroxylation is 2. The first kappa shape index (κ1) is 19.7. The van der Waals surface area contributed by atoms with E-state index in [1.165, 1.54) is 16.7 Å². The van der Waals surface area contributed by atoms with E-state index in [4.69, 9.17) is 16.6 Å². The van der Waals surface area contributed by atoms with E-state index in [9.17, 15) is 4.79 Å². The predicted octanol–water partition coefficient (Wildman–Crippen LogP) is 6.26. The Morgan fingerprint density at radius 3 is 2.62 bits per heavy atom. The van der Waals surface area contributed by atoms with Gasteiger partial charge >= 0.3 is 0 Å². The molecule has 1 heterocycles. The molecule has 0 aliphatic carbocycles. The van der Waals surface area contributed by atoms with Crippen molar-refractivity contribution >= 4 is 34.3 Å². The average Bonchev–Trinajstić information content (AvgIpc) is 2.71. The highest BCUT2D eigenvalue weighted by Gasteiger charge is 2.16. The number of para-hydroxylation sites is 1. The lowest BCUT2D eigenvalue weighted by atomic mass is 10.1. The lowest BCUT2D eigenvalue weighted by Gasteiger charge is -2.16. The minimum absolute atomic E-state index is 0.0792. The molecule has 0 radical (unpaired) electrons. The van der Waals surface area contributed by atoms with E-state index in [2.05, 4.69) is 32.0 Å². The first-order chi connectivity index (χ1) is 14.0. The van der Waals surface area contributed by atoms with Crippen LogP contribution in [0, 0.1) is 20.8 Å². The van der Waals surface area contributed by atoms with Gasteiger partial charge in [-0.05, 0) is 61.7 Å². The van der Waals surface area contributed by atoms with Crippen molar-refractivity contribution < 1.29 is 0 Å². The van der Waals surface area contributed by atoms with Crippen LogP contribution in [0.3, 0.4) is 0 Å². The maximum absolute atomic E-state index is 13.4. The van der Waals surface area contributed by atoms with Gasteiger partial charge in [-0.15, -0.1) is 0 Å². The lowest BCUT2D eigenvalue weighted by molar-refractivity contribution is 0.814. The first-order valence-electron chi connectivity index (χ1n) is 9.42. The van der Waals surface area contributed by atoms with Gasteiger partial charge in [0.05, 0.1) is 16.6 Å². The summed E-state index contributed by atoms with van der Waals surface area (Å²) in [4.78, 5) is 18.2. The van der Waals surface area contributed by atoms with Crippen molar-refractivity contribution in [3.05, 3.63) is 98.3 Å². The standard InChI is InChI=1S/C24H21ClN2OS/c1-15-11-12-16(2)18(13-15)14-29-24-26-21-9-5-4-7-19(21)23(28)27(24)22-10-6-8-20(25)17(22)3/h4-13H,14H2,1-3H3. The van der Waals surface area contributed by atoms with Gasteiger partial charge in [0, 0.05) is 10.8 Å². The van der Waals surface area contributed by atoms with E-state index in [1.54, 1.807) is 16.3 Å². The third-order valence-electron chi connectivity index (χ3n) is 5.09. The molecule has 4 aromatic rings. The van der Waals surface area contributed by atoms with Gasteiger partial charge in [0.2, 0.25) is 0 Å². The fourth-order valence-electron chi connectivity index (χ4n) is 3.36. The SMILES string of the molecule is Cc1ccc(C)c(CSc2nc3ccccc3c(=O)n2-c2cccc(Cl)c2C)c1. The summed E-state index contributed by atoms with van der Waals surface area (Å²) in [5.41, 5.74) is 5.96. The van der Waals surface area contributed by atoms with Crippen molar-refractivity contribution in [2.24, 2.45) is 0 Å². The number of halogens is 1. The van der Waals surface area contributed by atoms with Crippen molar-refractivity contribution in [2.75, 3.05) is 0 Å². The Balaban J connectivity index is 1.89. The van der Waals surface area contributed by atoms with Crippen LogP contribution in [0.4, 0.5) is 0 Å². The van der Waals surface area contributed by atoms with Crippen LogP contribution in [-0.4, -0.2) is 9.55 Å². The Labute approximate surface area is 179 Å². The van der Waals surface area contributed by atoms with Crippen LogP contribution in [-0.2, 0) is 5.75 Å². The molecule has 3 nitrogen and oxygen atoms in total. The van der Waals surface area contributed by atoms with Crippen LogP contribution in [0.25, 0.3) is 16.6 Å². The molecule has 146 valence electrons. The second-order valence-corrected chi connectivity index (χ2v) is 8.50. The van der Waals surface area contributed by atoms with Crippen molar-refractivity contribution in [3.63, 3.8) is 0 Å². The zero-order chi connectivity index (χ0) is 20.5. The molecular formula is C24H21ClN2OS. The quantitative estimate of drug-likeness (QED) is 0.289. The Morgan fingerprint density at radius 2 is 1.79 bits per heavy atom. The molecule has 0 fully saturated rings. The molecule has 0 amide bonds. The molecule has 1 aromatic heterocycles. The Bertz CT molecular complexity index is 1280. The molecule has 29 heavy (non-hydrogen) atoms. The van der Waals surface area contributed by atoms with E-state index in [0.717, 1.165) is 17.0 Å². The van der Waals surface area contributed by atoms with E-state index >= 15 is 0 Å². The summed E-state index contributed by atoms with van der Waals surface area (Å²) in [5, 5.41) is 1.90. The third kappa shape index (κ3) is 3.83. The van der Waals surface area contributed by atoms with Gasteiger partial charge in [-0.1, -0.05) is 65.3 Å². The Morgan fingerprint density at radius 1 is 1.00 bits per heavy atom. The van der Waals surface area contributed by atoms with Gasteiger partial charge in [0.1, 0.15) is 0 Å². The molecule has 0 unspecified atom stereocenters. The fourth-order valence-corrected chi connectivity index (χ4v) is 4.60. The van der Waals surface area contributed by atoms with E-state index in [-0.39, 0.29) is 5.56 Å². The molecule has 5 heteroatoms. The summed E-state index contributed by atoms with van der Waals surface area (Å²) in [6, 6.07) is 19.5. The van der Waals surface area contributed by atoms with Crippen LogP contribution in [0.2, 0.25) is 5.02 Å². The van der Waals surface area contributed by atoms with Crippen molar-refractivity contribution in [1.82, 2.24) is 9.55 Å². The molecule has 0 N–H and O–H groups in total. The normalized spacial score (nSPS) is 11.2. The topological polar surface area (TPSA) is 34.9 Å². The van der Waals surface area contributed by atoms with Gasteiger partial charge in [-0.2, -0.15) is 0 Å². The second-order valence-electron chi connectivity index (χ2n) is 7.15. The number of thioether (sulfide) groups is 1. The summed E-state index contributed by atoms with van der Waals surface area (Å²) in [6.45, 7) is 6.13. The van der Waals surface area contributed by atoms with Gasteiger partial charge in [-0.3, -0.25) is 9.36 Å². The van der Waals surface area contributed by atoms with E-state index in [1.807, 2.05) is 49.4 Å². The largest absolute Gasteiger partial charge is 0.268 e. The number of benzene rings is 3. The van der Waals surface area contributed by atoms with Crippen LogP contribution < -0.4 is 5.56 Å². The molecule has 4 rings (SSSR count). The molecular weight excluding hydrogens is 400 g/mol. The van der Waals surface area contributed by atoms with Gasteiger partial charge in [0.25, 0.3) is 5.56 Å². The highest BCUT2D eigenvalue weighted by atomic mass is 35.5. The molecule has 0 spiro atoms. The molecule has 0 aliphatic heterocycles. The average molecular weight is 421 g/mol. The van der Waals surface area contributed by atoms with Gasteiger partial charge in [0.15, 0.2) is 5.16 Å². The van der Waals surface area contributed by atoms with Crippen molar-refractivity contribution in [3.8, 4) is 5.69 Å². The van der Waals surface area contributed by atoms with Crippen LogP contribution >= 0.6 is 23.4 Å². The number of hydrogen-bond acceptors (Lipinski definition) is 3. The molecule has 0 aliphatic rings. The summed E-state index contributed by atoms with van der Waals surface area (Å²) in [6.07, 6.45) is 0. The van der Waals surface area contributed by atoms with Crippen molar-refractivity contribution in [1.29, 1.82) is 0 Å². The fraction of sp³-hybridized carbons (Fsp3) is 0.167. The summed E-state index contributed by atoms with van der Waals surface area (Å²) in [7, 11) is 0. The second kappa shape index (κ2) is 8.05. The van der Waals surface area contributed by atoms with E-state index in [0.29, 0.717) is 21.1 Å². The molecule has 0 saturated carbocycles. The summed E-state index contributed by atoms with van der Waals surface area (Å²) in [5.74, 6) is 0.734. The summed E-state index contributed by atoms with van der Waals surface area (Å²) >= 11 is 7.93. The molecule has 3 aromatic carbocycles. The number of nitrogens with zero attached hydrogens (tertiary/aromatic N) is 2. The first-order valence-corrected chi connectivity index (χ1v) is 10.8. The number of hydrogen-bond donors (Lipinski definition) is 0. The highest BCUT2D eigenvalue weighted by molar-refractivity contribution is 7.98. The minimum Gasteiger partial charge on any atom is -0.268 e. The lowest BCUT2D eigenvalue weighted by Crippen LogP contribution is -2.22. The number of rotatable bonds is 4. The summed E-state index contributed by atoms with van der Waals surface area (Å²) < 4.78 is 1.69. The minimum atomic E-state index is -0.0792. The van der Waals surface area contributed by atoms with Crippen molar-refractivity contribution in [2.45, 2.75) is 31.7 Å². The van der Waals surface area contributed by atoms with E-state index < -0.39 is 0 Å². The van der Waals surface area contributed by atoms with Gasteiger partial charge in [-0.25, -0.2) is 4.98 Å². The van der Waals surface area contributed by atoms with Crippen LogP contribution in [0.1, 0.15) is 22.3 Å². The third-order valence-corrected chi connectivity index (χ3v) is 6.48. The maximum Gasteiger partial charge on any atom is 0.266 e. The number of aromatic nitrogens is 2. The van der Waals surface area contributed by atoms with Crippen LogP contribution in [0.15, 0.2) is 70.6 Å². The maximum atomic E-state index is 13.4. The van der Waals surface area contributed by atoms with Gasteiger partial charge < -0.3 is 0 Å². The van der Waals surface area contributed by atoms with Crippen LogP contribution in [0.5, 0.6) is 0 Å². The molecule has 0 bridgehead atoms. The predicted molar refractivity (Wildman–Crippen MR) is 123 cm³/mol. The Hall–Kier alpha value is -2.56. The highest BCUT2D eigenvalue weighted by Crippen LogP contribution is 2.29. The molecule has 0 saturated heterocycles. The molecule has 0 atom stereocenters. The zero-order valence-electron chi connectivity index (χ0n) is 16.6. The zero-order valence-corrected chi connectivity index (χ0v) is 18.1. The monoisotopic (exact) mass is 420 g/mol. The number of fused-ring (bicyclic) bond motifs is 1. The smallest absolute Gasteiger partial charge is 0.266 e.